The molecule has 0 radical (unpaired) electrons. The van der Waals surface area contributed by atoms with Gasteiger partial charge in [-0.3, -0.25) is 0 Å². The Bertz CT molecular complexity index is 521. The van der Waals surface area contributed by atoms with Crippen LogP contribution in [0.15, 0.2) is 42.5 Å². The van der Waals surface area contributed by atoms with Gasteiger partial charge >= 0.3 is 0 Å². The number of fused-ring (bicyclic) bond motifs is 1. The third-order valence-corrected chi connectivity index (χ3v) is 4.35. The lowest BCUT2D eigenvalue weighted by Crippen LogP contribution is -2.24. The van der Waals surface area contributed by atoms with Crippen molar-refractivity contribution in [3.63, 3.8) is 0 Å². The molecule has 19 heavy (non-hydrogen) atoms. The summed E-state index contributed by atoms with van der Waals surface area (Å²) in [5.41, 5.74) is 1.42. The Labute approximate surface area is 116 Å². The maximum Gasteiger partial charge on any atom is 0.0211 e. The number of nitrogens with one attached hydrogen (secondary N) is 1. The van der Waals surface area contributed by atoms with E-state index >= 15 is 0 Å². The lowest BCUT2D eigenvalue weighted by molar-refractivity contribution is 0.342. The fourth-order valence-electron chi connectivity index (χ4n) is 3.25. The predicted octanol–water partition coefficient (Wildman–Crippen LogP) is 4.51. The largest absolute Gasteiger partial charge is 0.312 e. The number of hydrogen-bond donors (Lipinski definition) is 1. The maximum atomic E-state index is 3.66. The lowest BCUT2D eigenvalue weighted by Gasteiger charge is -2.22. The van der Waals surface area contributed by atoms with Crippen molar-refractivity contribution in [3.05, 3.63) is 48.0 Å². The summed E-state index contributed by atoms with van der Waals surface area (Å²) < 4.78 is 0. The minimum absolute atomic E-state index is 0.906. The second-order valence-corrected chi connectivity index (χ2v) is 5.77. The highest BCUT2D eigenvalue weighted by atomic mass is 14.9. The molecule has 0 unspecified atom stereocenters. The Kier molecular flexibility index (Phi) is 4.14. The van der Waals surface area contributed by atoms with Gasteiger partial charge in [-0.1, -0.05) is 61.7 Å². The van der Waals surface area contributed by atoms with Gasteiger partial charge in [0.05, 0.1) is 0 Å². The molecule has 0 saturated heterocycles. The number of hydrogen-bond acceptors (Lipinski definition) is 1. The molecule has 0 atom stereocenters. The van der Waals surface area contributed by atoms with Crippen molar-refractivity contribution < 1.29 is 0 Å². The van der Waals surface area contributed by atoms with Crippen LogP contribution in [-0.2, 0) is 6.54 Å². The first-order valence-electron chi connectivity index (χ1n) is 7.61. The van der Waals surface area contributed by atoms with E-state index in [4.69, 9.17) is 0 Å². The summed E-state index contributed by atoms with van der Waals surface area (Å²) in [6.45, 7) is 2.18. The molecule has 0 aromatic heterocycles. The zero-order valence-electron chi connectivity index (χ0n) is 11.6. The molecule has 0 heterocycles. The van der Waals surface area contributed by atoms with E-state index in [2.05, 4.69) is 47.8 Å². The van der Waals surface area contributed by atoms with Gasteiger partial charge in [0, 0.05) is 6.54 Å². The van der Waals surface area contributed by atoms with Gasteiger partial charge in [-0.25, -0.2) is 0 Å². The third kappa shape index (κ3) is 3.16. The Hall–Kier alpha value is -1.34. The Morgan fingerprint density at radius 3 is 2.58 bits per heavy atom. The summed E-state index contributed by atoms with van der Waals surface area (Å²) in [7, 11) is 0. The lowest BCUT2D eigenvalue weighted by atomic mass is 9.89. The first kappa shape index (κ1) is 12.7. The summed E-state index contributed by atoms with van der Waals surface area (Å²) in [6, 6.07) is 15.3. The Morgan fingerprint density at radius 1 is 0.895 bits per heavy atom. The smallest absolute Gasteiger partial charge is 0.0211 e. The average molecular weight is 253 g/mol. The van der Waals surface area contributed by atoms with Crippen LogP contribution < -0.4 is 5.32 Å². The van der Waals surface area contributed by atoms with Crippen LogP contribution in [0.25, 0.3) is 10.8 Å². The van der Waals surface area contributed by atoms with E-state index in [-0.39, 0.29) is 0 Å². The molecule has 0 bridgehead atoms. The summed E-state index contributed by atoms with van der Waals surface area (Å²) in [6.07, 6.45) is 7.14. The van der Waals surface area contributed by atoms with Gasteiger partial charge < -0.3 is 5.32 Å². The molecule has 1 saturated carbocycles. The predicted molar refractivity (Wildman–Crippen MR) is 82.2 cm³/mol. The van der Waals surface area contributed by atoms with Crippen LogP contribution in [0.3, 0.4) is 0 Å². The van der Waals surface area contributed by atoms with Crippen LogP contribution in [0.5, 0.6) is 0 Å². The zero-order valence-corrected chi connectivity index (χ0v) is 11.6. The highest BCUT2D eigenvalue weighted by molar-refractivity contribution is 5.85. The van der Waals surface area contributed by atoms with E-state index in [1.54, 1.807) is 0 Å². The van der Waals surface area contributed by atoms with Crippen molar-refractivity contribution in [3.8, 4) is 0 Å². The molecule has 2 aromatic carbocycles. The molecule has 0 amide bonds. The normalized spacial score (nSPS) is 16.8. The molecule has 0 aliphatic heterocycles. The van der Waals surface area contributed by atoms with E-state index < -0.39 is 0 Å². The van der Waals surface area contributed by atoms with Crippen LogP contribution in [0.4, 0.5) is 0 Å². The highest BCUT2D eigenvalue weighted by Crippen LogP contribution is 2.23. The molecule has 0 spiro atoms. The summed E-state index contributed by atoms with van der Waals surface area (Å²) in [5, 5.41) is 6.40. The topological polar surface area (TPSA) is 12.0 Å². The van der Waals surface area contributed by atoms with Gasteiger partial charge in [-0.05, 0) is 41.6 Å². The molecular formula is C18H23N. The monoisotopic (exact) mass is 253 g/mol. The second kappa shape index (κ2) is 6.21. The van der Waals surface area contributed by atoms with Crippen LogP contribution >= 0.6 is 0 Å². The molecule has 100 valence electrons. The van der Waals surface area contributed by atoms with Gasteiger partial charge in [0.1, 0.15) is 0 Å². The summed E-state index contributed by atoms with van der Waals surface area (Å²) >= 11 is 0. The Balaban J connectivity index is 1.62. The highest BCUT2D eigenvalue weighted by Gasteiger charge is 2.12. The molecule has 1 fully saturated rings. The third-order valence-electron chi connectivity index (χ3n) is 4.35. The fraction of sp³-hybridized carbons (Fsp3) is 0.444. The van der Waals surface area contributed by atoms with E-state index in [9.17, 15) is 0 Å². The first-order valence-corrected chi connectivity index (χ1v) is 7.61. The molecule has 3 rings (SSSR count). The quantitative estimate of drug-likeness (QED) is 0.845. The van der Waals surface area contributed by atoms with Crippen LogP contribution in [-0.4, -0.2) is 6.54 Å². The van der Waals surface area contributed by atoms with Gasteiger partial charge in [0.15, 0.2) is 0 Å². The molecule has 2 aromatic rings. The van der Waals surface area contributed by atoms with Crippen LogP contribution in [0.1, 0.15) is 37.7 Å². The first-order chi connectivity index (χ1) is 9.43. The van der Waals surface area contributed by atoms with Crippen LogP contribution in [0.2, 0.25) is 0 Å². The molecule has 1 N–H and O–H groups in total. The van der Waals surface area contributed by atoms with Crippen molar-refractivity contribution in [2.45, 2.75) is 38.6 Å². The van der Waals surface area contributed by atoms with Crippen LogP contribution in [0, 0.1) is 5.92 Å². The minimum atomic E-state index is 0.906. The van der Waals surface area contributed by atoms with Crippen molar-refractivity contribution >= 4 is 10.8 Å². The molecule has 1 heteroatoms. The van der Waals surface area contributed by atoms with Crippen molar-refractivity contribution in [2.24, 2.45) is 5.92 Å². The van der Waals surface area contributed by atoms with Gasteiger partial charge in [-0.15, -0.1) is 0 Å². The fourth-order valence-corrected chi connectivity index (χ4v) is 3.25. The SMILES string of the molecule is c1ccc2c(CNCC3CCCCC3)cccc2c1. The molecule has 1 nitrogen and oxygen atoms in total. The van der Waals surface area contributed by atoms with E-state index in [0.717, 1.165) is 12.5 Å². The molecule has 1 aliphatic rings. The van der Waals surface area contributed by atoms with Crippen molar-refractivity contribution in [2.75, 3.05) is 6.54 Å². The van der Waals surface area contributed by atoms with Crippen molar-refractivity contribution in [1.29, 1.82) is 0 Å². The standard InChI is InChI=1S/C18H23N/c1-2-7-15(8-3-1)13-19-14-17-11-6-10-16-9-4-5-12-18(16)17/h4-6,9-12,15,19H,1-3,7-8,13-14H2. The van der Waals surface area contributed by atoms with Gasteiger partial charge in [0.2, 0.25) is 0 Å². The Morgan fingerprint density at radius 2 is 1.68 bits per heavy atom. The number of rotatable bonds is 4. The zero-order chi connectivity index (χ0) is 12.9. The minimum Gasteiger partial charge on any atom is -0.312 e. The maximum absolute atomic E-state index is 3.66. The van der Waals surface area contributed by atoms with E-state index in [1.165, 1.54) is 55.0 Å². The average Bonchev–Trinajstić information content (AvgIpc) is 2.49. The van der Waals surface area contributed by atoms with E-state index in [1.807, 2.05) is 0 Å². The van der Waals surface area contributed by atoms with Crippen molar-refractivity contribution in [1.82, 2.24) is 5.32 Å². The molecular weight excluding hydrogens is 230 g/mol. The molecule has 1 aliphatic carbocycles. The van der Waals surface area contributed by atoms with Gasteiger partial charge in [0.25, 0.3) is 0 Å². The summed E-state index contributed by atoms with van der Waals surface area (Å²) in [5.74, 6) is 0.906. The number of benzene rings is 2. The van der Waals surface area contributed by atoms with E-state index in [0.29, 0.717) is 0 Å². The summed E-state index contributed by atoms with van der Waals surface area (Å²) in [4.78, 5) is 0. The second-order valence-electron chi connectivity index (χ2n) is 5.77. The van der Waals surface area contributed by atoms with Gasteiger partial charge in [-0.2, -0.15) is 0 Å².